The summed E-state index contributed by atoms with van der Waals surface area (Å²) in [6.07, 6.45) is 5.84. The van der Waals surface area contributed by atoms with Crippen LogP contribution in [0.25, 0.3) is 0 Å². The summed E-state index contributed by atoms with van der Waals surface area (Å²) in [6, 6.07) is 0. The van der Waals surface area contributed by atoms with Gasteiger partial charge in [0.05, 0.1) is 5.69 Å². The fourth-order valence-corrected chi connectivity index (χ4v) is 1.22. The van der Waals surface area contributed by atoms with Gasteiger partial charge in [-0.3, -0.25) is 4.68 Å². The number of aromatic nitrogens is 3. The highest BCUT2D eigenvalue weighted by atomic mass is 15.4. The van der Waals surface area contributed by atoms with E-state index in [1.807, 2.05) is 4.68 Å². The van der Waals surface area contributed by atoms with Gasteiger partial charge in [-0.25, -0.2) is 0 Å². The first-order chi connectivity index (χ1) is 5.40. The summed E-state index contributed by atoms with van der Waals surface area (Å²) in [5.74, 6) is 0.737. The smallest absolute Gasteiger partial charge is 0.0857 e. The van der Waals surface area contributed by atoms with E-state index in [0.717, 1.165) is 18.9 Å². The Labute approximate surface area is 66.4 Å². The Balaban J connectivity index is 2.06. The lowest BCUT2D eigenvalue weighted by Gasteiger charge is -1.91. The van der Waals surface area contributed by atoms with E-state index in [4.69, 9.17) is 0 Å². The van der Waals surface area contributed by atoms with Crippen molar-refractivity contribution in [2.75, 3.05) is 0 Å². The Kier molecular flexibility index (Phi) is 1.64. The number of nitrogens with zero attached hydrogens (tertiary/aromatic N) is 3. The molecule has 0 saturated heterocycles. The fourth-order valence-electron chi connectivity index (χ4n) is 1.22. The molecule has 0 amide bonds. The molecule has 1 aliphatic carbocycles. The van der Waals surface area contributed by atoms with Crippen LogP contribution in [0.3, 0.4) is 0 Å². The predicted molar refractivity (Wildman–Crippen MR) is 42.3 cm³/mol. The first kappa shape index (κ1) is 6.83. The Morgan fingerprint density at radius 1 is 1.64 bits per heavy atom. The SMILES string of the molecule is CCCn1cc(C2CC2)nn1. The number of rotatable bonds is 3. The molecule has 1 aromatic heterocycles. The minimum absolute atomic E-state index is 0.737. The second-order valence-electron chi connectivity index (χ2n) is 3.18. The van der Waals surface area contributed by atoms with Gasteiger partial charge in [-0.1, -0.05) is 12.1 Å². The number of aryl methyl sites for hydroxylation is 1. The highest BCUT2D eigenvalue weighted by molar-refractivity contribution is 5.08. The van der Waals surface area contributed by atoms with Gasteiger partial charge < -0.3 is 0 Å². The third kappa shape index (κ3) is 1.42. The molecule has 0 spiro atoms. The molecular weight excluding hydrogens is 138 g/mol. The van der Waals surface area contributed by atoms with Gasteiger partial charge in [-0.05, 0) is 19.3 Å². The van der Waals surface area contributed by atoms with E-state index >= 15 is 0 Å². The van der Waals surface area contributed by atoms with Crippen LogP contribution in [0.5, 0.6) is 0 Å². The van der Waals surface area contributed by atoms with E-state index in [-0.39, 0.29) is 0 Å². The van der Waals surface area contributed by atoms with Gasteiger partial charge in [-0.2, -0.15) is 0 Å². The van der Waals surface area contributed by atoms with Crippen LogP contribution in [0, 0.1) is 0 Å². The lowest BCUT2D eigenvalue weighted by molar-refractivity contribution is 0.579. The lowest BCUT2D eigenvalue weighted by Crippen LogP contribution is -1.96. The van der Waals surface area contributed by atoms with Crippen LogP contribution in [0.2, 0.25) is 0 Å². The van der Waals surface area contributed by atoms with Crippen molar-refractivity contribution < 1.29 is 0 Å². The first-order valence-corrected chi connectivity index (χ1v) is 4.30. The van der Waals surface area contributed by atoms with E-state index in [1.54, 1.807) is 0 Å². The van der Waals surface area contributed by atoms with Crippen LogP contribution in [-0.2, 0) is 6.54 Å². The molecule has 1 saturated carbocycles. The summed E-state index contributed by atoms with van der Waals surface area (Å²) in [5.41, 5.74) is 1.19. The molecular formula is C8H13N3. The Bertz CT molecular complexity index is 237. The number of hydrogen-bond donors (Lipinski definition) is 0. The van der Waals surface area contributed by atoms with Crippen molar-refractivity contribution in [1.29, 1.82) is 0 Å². The van der Waals surface area contributed by atoms with E-state index in [2.05, 4.69) is 23.4 Å². The first-order valence-electron chi connectivity index (χ1n) is 4.30. The molecule has 0 unspecified atom stereocenters. The average Bonchev–Trinajstić information content (AvgIpc) is 2.75. The molecule has 0 bridgehead atoms. The maximum atomic E-state index is 4.11. The Morgan fingerprint density at radius 3 is 3.09 bits per heavy atom. The molecule has 1 aromatic rings. The molecule has 3 heteroatoms. The van der Waals surface area contributed by atoms with E-state index in [1.165, 1.54) is 18.5 Å². The van der Waals surface area contributed by atoms with Crippen molar-refractivity contribution in [3.63, 3.8) is 0 Å². The molecule has 2 rings (SSSR count). The standard InChI is InChI=1S/C8H13N3/c1-2-5-11-6-8(9-10-11)7-3-4-7/h6-7H,2-5H2,1H3. The third-order valence-corrected chi connectivity index (χ3v) is 2.00. The van der Waals surface area contributed by atoms with Crippen LogP contribution in [-0.4, -0.2) is 15.0 Å². The molecule has 1 fully saturated rings. The van der Waals surface area contributed by atoms with Gasteiger partial charge >= 0.3 is 0 Å². The van der Waals surface area contributed by atoms with Crippen LogP contribution in [0.4, 0.5) is 0 Å². The fraction of sp³-hybridized carbons (Fsp3) is 0.750. The quantitative estimate of drug-likeness (QED) is 0.656. The van der Waals surface area contributed by atoms with Crippen molar-refractivity contribution in [1.82, 2.24) is 15.0 Å². The predicted octanol–water partition coefficient (Wildman–Crippen LogP) is 1.57. The highest BCUT2D eigenvalue weighted by Crippen LogP contribution is 2.38. The van der Waals surface area contributed by atoms with Crippen LogP contribution in [0.15, 0.2) is 6.20 Å². The van der Waals surface area contributed by atoms with Gasteiger partial charge in [0.1, 0.15) is 0 Å². The van der Waals surface area contributed by atoms with E-state index in [9.17, 15) is 0 Å². The molecule has 0 atom stereocenters. The van der Waals surface area contributed by atoms with Gasteiger partial charge in [0.25, 0.3) is 0 Å². The zero-order valence-electron chi connectivity index (χ0n) is 6.82. The lowest BCUT2D eigenvalue weighted by atomic mass is 10.3. The van der Waals surface area contributed by atoms with Crippen molar-refractivity contribution in [2.45, 2.75) is 38.6 Å². The second-order valence-corrected chi connectivity index (χ2v) is 3.18. The summed E-state index contributed by atoms with van der Waals surface area (Å²) in [4.78, 5) is 0. The molecule has 0 aromatic carbocycles. The summed E-state index contributed by atoms with van der Waals surface area (Å²) >= 11 is 0. The molecule has 3 nitrogen and oxygen atoms in total. The van der Waals surface area contributed by atoms with Gasteiger partial charge in [0, 0.05) is 18.7 Å². The van der Waals surface area contributed by atoms with Crippen molar-refractivity contribution in [2.24, 2.45) is 0 Å². The Hall–Kier alpha value is -0.860. The molecule has 1 aliphatic rings. The van der Waals surface area contributed by atoms with Crippen molar-refractivity contribution in [3.05, 3.63) is 11.9 Å². The average molecular weight is 151 g/mol. The van der Waals surface area contributed by atoms with Crippen LogP contribution >= 0.6 is 0 Å². The third-order valence-electron chi connectivity index (χ3n) is 2.00. The van der Waals surface area contributed by atoms with Crippen molar-refractivity contribution in [3.8, 4) is 0 Å². The molecule has 60 valence electrons. The maximum Gasteiger partial charge on any atom is 0.0857 e. The van der Waals surface area contributed by atoms with Crippen LogP contribution in [0.1, 0.15) is 37.8 Å². The maximum absolute atomic E-state index is 4.11. The highest BCUT2D eigenvalue weighted by Gasteiger charge is 2.26. The van der Waals surface area contributed by atoms with Gasteiger partial charge in [-0.15, -0.1) is 5.10 Å². The normalized spacial score (nSPS) is 17.2. The largest absolute Gasteiger partial charge is 0.252 e. The molecule has 0 aliphatic heterocycles. The Morgan fingerprint density at radius 2 is 2.45 bits per heavy atom. The van der Waals surface area contributed by atoms with Crippen LogP contribution < -0.4 is 0 Å². The summed E-state index contributed by atoms with van der Waals surface area (Å²) < 4.78 is 1.94. The molecule has 11 heavy (non-hydrogen) atoms. The van der Waals surface area contributed by atoms with Gasteiger partial charge in [0.15, 0.2) is 0 Å². The van der Waals surface area contributed by atoms with E-state index in [0.29, 0.717) is 0 Å². The second kappa shape index (κ2) is 2.64. The molecule has 0 radical (unpaired) electrons. The minimum Gasteiger partial charge on any atom is -0.252 e. The zero-order chi connectivity index (χ0) is 7.68. The summed E-state index contributed by atoms with van der Waals surface area (Å²) in [5, 5.41) is 8.14. The van der Waals surface area contributed by atoms with Crippen molar-refractivity contribution >= 4 is 0 Å². The zero-order valence-corrected chi connectivity index (χ0v) is 6.82. The van der Waals surface area contributed by atoms with Gasteiger partial charge in [0.2, 0.25) is 0 Å². The minimum atomic E-state index is 0.737. The topological polar surface area (TPSA) is 30.7 Å². The molecule has 0 N–H and O–H groups in total. The summed E-state index contributed by atoms with van der Waals surface area (Å²) in [6.45, 7) is 3.15. The monoisotopic (exact) mass is 151 g/mol. The number of hydrogen-bond acceptors (Lipinski definition) is 2. The molecule has 1 heterocycles. The summed E-state index contributed by atoms with van der Waals surface area (Å²) in [7, 11) is 0. The van der Waals surface area contributed by atoms with E-state index < -0.39 is 0 Å².